The Morgan fingerprint density at radius 2 is 1.87 bits per heavy atom. The molecule has 0 spiro atoms. The molecular formula is C24H21N3O3S. The molecule has 1 aliphatic rings. The third kappa shape index (κ3) is 3.84. The van der Waals surface area contributed by atoms with Gasteiger partial charge < -0.3 is 14.8 Å². The van der Waals surface area contributed by atoms with Crippen molar-refractivity contribution in [2.24, 2.45) is 0 Å². The number of nitrogens with zero attached hydrogens (tertiary/aromatic N) is 2. The van der Waals surface area contributed by atoms with Crippen LogP contribution in [0.15, 0.2) is 47.8 Å². The number of aromatic nitrogens is 2. The number of carbonyl (C=O) groups excluding carboxylic acids is 1. The summed E-state index contributed by atoms with van der Waals surface area (Å²) in [6, 6.07) is 13.8. The predicted octanol–water partition coefficient (Wildman–Crippen LogP) is 4.93. The van der Waals surface area contributed by atoms with Crippen LogP contribution in [0.1, 0.15) is 16.8 Å². The summed E-state index contributed by atoms with van der Waals surface area (Å²) in [6.45, 7) is 5.09. The predicted molar refractivity (Wildman–Crippen MR) is 122 cm³/mol. The molecule has 1 N–H and O–H groups in total. The summed E-state index contributed by atoms with van der Waals surface area (Å²) in [5.74, 6) is 1.36. The van der Waals surface area contributed by atoms with E-state index < -0.39 is 0 Å². The van der Waals surface area contributed by atoms with Gasteiger partial charge in [-0.05, 0) is 49.2 Å². The standard InChI is InChI=1S/C24H21N3O3S/c1-14-17-5-3-4-6-19(17)25-15(2)18(14)12-23(28)27-24-26-20(13-31-24)16-7-8-21-22(11-16)30-10-9-29-21/h3-8,11,13H,9-10,12H2,1-2H3,(H,26,27,28). The summed E-state index contributed by atoms with van der Waals surface area (Å²) in [7, 11) is 0. The van der Waals surface area contributed by atoms with Crippen LogP contribution in [0.5, 0.6) is 11.5 Å². The number of benzene rings is 2. The average molecular weight is 432 g/mol. The number of aryl methyl sites for hydroxylation is 2. The molecule has 0 atom stereocenters. The van der Waals surface area contributed by atoms with E-state index in [-0.39, 0.29) is 12.3 Å². The molecule has 1 amide bonds. The maximum Gasteiger partial charge on any atom is 0.230 e. The SMILES string of the molecule is Cc1nc2ccccc2c(C)c1CC(=O)Nc1nc(-c2ccc3c(c2)OCCO3)cs1. The Kier molecular flexibility index (Phi) is 5.03. The topological polar surface area (TPSA) is 73.3 Å². The van der Waals surface area contributed by atoms with Gasteiger partial charge in [0.15, 0.2) is 16.6 Å². The smallest absolute Gasteiger partial charge is 0.230 e. The summed E-state index contributed by atoms with van der Waals surface area (Å²) in [5, 5.41) is 6.50. The number of thiazole rings is 1. The van der Waals surface area contributed by atoms with Gasteiger partial charge in [-0.1, -0.05) is 18.2 Å². The van der Waals surface area contributed by atoms with Crippen molar-refractivity contribution < 1.29 is 14.3 Å². The van der Waals surface area contributed by atoms with E-state index in [1.807, 2.05) is 61.7 Å². The van der Waals surface area contributed by atoms with E-state index in [2.05, 4.69) is 15.3 Å². The minimum atomic E-state index is -0.105. The van der Waals surface area contributed by atoms with Gasteiger partial charge in [0.1, 0.15) is 13.2 Å². The number of pyridine rings is 1. The Morgan fingerprint density at radius 1 is 1.06 bits per heavy atom. The third-order valence-electron chi connectivity index (χ3n) is 5.41. The summed E-state index contributed by atoms with van der Waals surface area (Å²) < 4.78 is 11.2. The monoisotopic (exact) mass is 431 g/mol. The quantitative estimate of drug-likeness (QED) is 0.496. The van der Waals surface area contributed by atoms with E-state index in [0.29, 0.717) is 18.3 Å². The maximum atomic E-state index is 12.8. The number of carbonyl (C=O) groups is 1. The van der Waals surface area contributed by atoms with Crippen molar-refractivity contribution in [1.82, 2.24) is 9.97 Å². The zero-order valence-corrected chi connectivity index (χ0v) is 18.1. The van der Waals surface area contributed by atoms with Crippen LogP contribution in [-0.2, 0) is 11.2 Å². The first-order valence-corrected chi connectivity index (χ1v) is 11.0. The second-order valence-corrected chi connectivity index (χ2v) is 8.30. The molecule has 2 aromatic heterocycles. The highest BCUT2D eigenvalue weighted by molar-refractivity contribution is 7.14. The molecule has 1 aliphatic heterocycles. The lowest BCUT2D eigenvalue weighted by molar-refractivity contribution is -0.115. The van der Waals surface area contributed by atoms with Gasteiger partial charge in [0, 0.05) is 22.0 Å². The number of hydrogen-bond donors (Lipinski definition) is 1. The Bertz CT molecular complexity index is 1300. The first kappa shape index (κ1) is 19.5. The van der Waals surface area contributed by atoms with Crippen LogP contribution >= 0.6 is 11.3 Å². The van der Waals surface area contributed by atoms with Gasteiger partial charge in [-0.25, -0.2) is 4.98 Å². The Balaban J connectivity index is 1.33. The zero-order chi connectivity index (χ0) is 21.4. The largest absolute Gasteiger partial charge is 0.486 e. The van der Waals surface area contributed by atoms with E-state index in [9.17, 15) is 4.79 Å². The number of para-hydroxylation sites is 1. The normalized spacial score (nSPS) is 12.7. The Morgan fingerprint density at radius 3 is 2.74 bits per heavy atom. The van der Waals surface area contributed by atoms with E-state index in [1.165, 1.54) is 11.3 Å². The minimum absolute atomic E-state index is 0.105. The second kappa shape index (κ2) is 8.00. The van der Waals surface area contributed by atoms with Gasteiger partial charge in [-0.3, -0.25) is 9.78 Å². The molecule has 31 heavy (non-hydrogen) atoms. The van der Waals surface area contributed by atoms with Crippen LogP contribution in [0.2, 0.25) is 0 Å². The Hall–Kier alpha value is -3.45. The molecule has 6 nitrogen and oxygen atoms in total. The van der Waals surface area contributed by atoms with Gasteiger partial charge in [0.25, 0.3) is 0 Å². The number of anilines is 1. The summed E-state index contributed by atoms with van der Waals surface area (Å²) in [5.41, 5.74) is 5.59. The average Bonchev–Trinajstić information content (AvgIpc) is 3.24. The minimum Gasteiger partial charge on any atom is -0.486 e. The number of nitrogens with one attached hydrogen (secondary N) is 1. The highest BCUT2D eigenvalue weighted by atomic mass is 32.1. The highest BCUT2D eigenvalue weighted by Gasteiger charge is 2.16. The number of amides is 1. The molecule has 3 heterocycles. The van der Waals surface area contributed by atoms with Gasteiger partial charge in [-0.15, -0.1) is 11.3 Å². The first-order chi connectivity index (χ1) is 15.1. The fourth-order valence-electron chi connectivity index (χ4n) is 3.82. The third-order valence-corrected chi connectivity index (χ3v) is 6.17. The van der Waals surface area contributed by atoms with Crippen LogP contribution < -0.4 is 14.8 Å². The number of ether oxygens (including phenoxy) is 2. The van der Waals surface area contributed by atoms with Gasteiger partial charge in [-0.2, -0.15) is 0 Å². The van der Waals surface area contributed by atoms with E-state index in [1.54, 1.807) is 0 Å². The van der Waals surface area contributed by atoms with E-state index >= 15 is 0 Å². The lowest BCUT2D eigenvalue weighted by Crippen LogP contribution is -2.16. The van der Waals surface area contributed by atoms with Crippen LogP contribution in [-0.4, -0.2) is 29.1 Å². The molecule has 0 aliphatic carbocycles. The fraction of sp³-hybridized carbons (Fsp3) is 0.208. The summed E-state index contributed by atoms with van der Waals surface area (Å²) >= 11 is 1.40. The van der Waals surface area contributed by atoms with Gasteiger partial charge in [0.05, 0.1) is 17.6 Å². The van der Waals surface area contributed by atoms with E-state index in [0.717, 1.165) is 50.5 Å². The molecule has 156 valence electrons. The van der Waals surface area contributed by atoms with Gasteiger partial charge in [0.2, 0.25) is 5.91 Å². The van der Waals surface area contributed by atoms with Crippen molar-refractivity contribution in [1.29, 1.82) is 0 Å². The molecule has 0 unspecified atom stereocenters. The zero-order valence-electron chi connectivity index (χ0n) is 17.3. The molecular weight excluding hydrogens is 410 g/mol. The molecule has 0 radical (unpaired) electrons. The highest BCUT2D eigenvalue weighted by Crippen LogP contribution is 2.35. The molecule has 2 aromatic carbocycles. The molecule has 7 heteroatoms. The number of hydrogen-bond acceptors (Lipinski definition) is 6. The molecule has 0 saturated heterocycles. The lowest BCUT2D eigenvalue weighted by atomic mass is 9.99. The first-order valence-electron chi connectivity index (χ1n) is 10.1. The fourth-order valence-corrected chi connectivity index (χ4v) is 4.56. The van der Waals surface area contributed by atoms with Crippen LogP contribution in [0.4, 0.5) is 5.13 Å². The molecule has 5 rings (SSSR count). The Labute approximate surface area is 183 Å². The molecule has 4 aromatic rings. The maximum absolute atomic E-state index is 12.8. The van der Waals surface area contributed by atoms with Crippen molar-refractivity contribution in [2.75, 3.05) is 18.5 Å². The van der Waals surface area contributed by atoms with Crippen molar-refractivity contribution in [3.63, 3.8) is 0 Å². The summed E-state index contributed by atoms with van der Waals surface area (Å²) in [6.07, 6.45) is 0.258. The number of rotatable bonds is 4. The lowest BCUT2D eigenvalue weighted by Gasteiger charge is -2.18. The van der Waals surface area contributed by atoms with Crippen molar-refractivity contribution in [3.8, 4) is 22.8 Å². The van der Waals surface area contributed by atoms with Crippen LogP contribution in [0.25, 0.3) is 22.2 Å². The molecule has 0 bridgehead atoms. The molecule has 0 saturated carbocycles. The second-order valence-electron chi connectivity index (χ2n) is 7.44. The van der Waals surface area contributed by atoms with Crippen molar-refractivity contribution in [3.05, 3.63) is 64.7 Å². The van der Waals surface area contributed by atoms with Gasteiger partial charge >= 0.3 is 0 Å². The van der Waals surface area contributed by atoms with Crippen LogP contribution in [0, 0.1) is 13.8 Å². The van der Waals surface area contributed by atoms with E-state index in [4.69, 9.17) is 9.47 Å². The molecule has 0 fully saturated rings. The van der Waals surface area contributed by atoms with Crippen molar-refractivity contribution in [2.45, 2.75) is 20.3 Å². The van der Waals surface area contributed by atoms with Crippen molar-refractivity contribution >= 4 is 33.3 Å². The number of fused-ring (bicyclic) bond motifs is 2. The van der Waals surface area contributed by atoms with Crippen LogP contribution in [0.3, 0.4) is 0 Å². The summed E-state index contributed by atoms with van der Waals surface area (Å²) in [4.78, 5) is 22.0.